The number of nitriles is 1. The maximum absolute atomic E-state index is 12.2. The summed E-state index contributed by atoms with van der Waals surface area (Å²) in [7, 11) is -4.02. The second kappa shape index (κ2) is 6.52. The van der Waals surface area contributed by atoms with Crippen LogP contribution in [0.15, 0.2) is 51.4 Å². The monoisotopic (exact) mass is 375 g/mol. The molecule has 0 aliphatic rings. The zero-order valence-corrected chi connectivity index (χ0v) is 14.4. The molecule has 3 aromatic rings. The van der Waals surface area contributed by atoms with Crippen molar-refractivity contribution in [2.24, 2.45) is 0 Å². The number of rotatable bonds is 4. The van der Waals surface area contributed by atoms with Crippen molar-refractivity contribution in [2.45, 2.75) is 4.90 Å². The third-order valence-electron chi connectivity index (χ3n) is 3.03. The summed E-state index contributed by atoms with van der Waals surface area (Å²) in [6.45, 7) is 0. The molecular weight excluding hydrogens is 366 g/mol. The van der Waals surface area contributed by atoms with E-state index in [2.05, 4.69) is 4.98 Å². The second-order valence-electron chi connectivity index (χ2n) is 4.62. The highest BCUT2D eigenvalue weighted by molar-refractivity contribution is 7.90. The summed E-state index contributed by atoms with van der Waals surface area (Å²) in [5.41, 5.74) is 1.26. The highest BCUT2D eigenvalue weighted by Gasteiger charge is 2.20. The van der Waals surface area contributed by atoms with E-state index < -0.39 is 15.9 Å². The summed E-state index contributed by atoms with van der Waals surface area (Å²) < 4.78 is 26.4. The average Bonchev–Trinajstić information content (AvgIpc) is 3.25. The van der Waals surface area contributed by atoms with Crippen LogP contribution in [0.2, 0.25) is 0 Å². The van der Waals surface area contributed by atoms with Gasteiger partial charge in [-0.15, -0.1) is 11.3 Å². The van der Waals surface area contributed by atoms with Crippen molar-refractivity contribution in [3.8, 4) is 16.6 Å². The van der Waals surface area contributed by atoms with E-state index in [1.807, 2.05) is 27.6 Å². The molecule has 1 N–H and O–H groups in total. The van der Waals surface area contributed by atoms with Gasteiger partial charge in [0.05, 0.1) is 16.5 Å². The first-order chi connectivity index (χ1) is 11.5. The molecule has 0 fully saturated rings. The van der Waals surface area contributed by atoms with Crippen LogP contribution in [0.4, 0.5) is 0 Å². The van der Waals surface area contributed by atoms with Crippen molar-refractivity contribution in [3.63, 3.8) is 0 Å². The quantitative estimate of drug-likeness (QED) is 0.756. The van der Waals surface area contributed by atoms with Gasteiger partial charge in [0, 0.05) is 16.3 Å². The summed E-state index contributed by atoms with van der Waals surface area (Å²) in [5, 5.41) is 14.7. The molecule has 0 saturated carbocycles. The zero-order valence-electron chi connectivity index (χ0n) is 12.0. The summed E-state index contributed by atoms with van der Waals surface area (Å²) in [4.78, 5) is 16.2. The van der Waals surface area contributed by atoms with Crippen molar-refractivity contribution < 1.29 is 13.2 Å². The van der Waals surface area contributed by atoms with E-state index in [1.165, 1.54) is 52.3 Å². The molecule has 3 rings (SSSR count). The van der Waals surface area contributed by atoms with Crippen LogP contribution in [0.1, 0.15) is 16.1 Å². The molecule has 2 heterocycles. The van der Waals surface area contributed by atoms with Gasteiger partial charge in [-0.3, -0.25) is 4.79 Å². The number of nitrogens with zero attached hydrogens (tertiary/aromatic N) is 2. The predicted octanol–water partition coefficient (Wildman–Crippen LogP) is 2.86. The lowest BCUT2D eigenvalue weighted by Gasteiger charge is -2.05. The number of thiophene rings is 1. The number of thiazole rings is 1. The normalized spacial score (nSPS) is 11.0. The van der Waals surface area contributed by atoms with Gasteiger partial charge in [-0.1, -0.05) is 0 Å². The Morgan fingerprint density at radius 3 is 2.54 bits per heavy atom. The maximum Gasteiger partial charge on any atom is 0.284 e. The average molecular weight is 375 g/mol. The number of benzene rings is 1. The van der Waals surface area contributed by atoms with Gasteiger partial charge in [-0.2, -0.15) is 16.6 Å². The van der Waals surface area contributed by atoms with Crippen molar-refractivity contribution >= 4 is 38.6 Å². The minimum Gasteiger partial charge on any atom is -0.266 e. The lowest BCUT2D eigenvalue weighted by atomic mass is 10.2. The van der Waals surface area contributed by atoms with Crippen molar-refractivity contribution in [1.29, 1.82) is 5.26 Å². The van der Waals surface area contributed by atoms with Crippen LogP contribution in [-0.2, 0) is 10.0 Å². The maximum atomic E-state index is 12.2. The predicted molar refractivity (Wildman–Crippen MR) is 91.2 cm³/mol. The van der Waals surface area contributed by atoms with Gasteiger partial charge in [0.15, 0.2) is 0 Å². The fourth-order valence-corrected chi connectivity index (χ4v) is 4.31. The van der Waals surface area contributed by atoms with Gasteiger partial charge in [0.25, 0.3) is 15.9 Å². The number of carbonyl (C=O) groups is 1. The standard InChI is InChI=1S/C15H9N3O3S3/c16-7-10-1-3-12(4-2-10)24(20,21)18-14(19)13-9-23-15(17-13)11-5-6-22-8-11/h1-6,8-9H,(H,18,19). The largest absolute Gasteiger partial charge is 0.284 e. The Labute approximate surface area is 146 Å². The van der Waals surface area contributed by atoms with Crippen molar-refractivity contribution in [1.82, 2.24) is 9.71 Å². The van der Waals surface area contributed by atoms with E-state index >= 15 is 0 Å². The van der Waals surface area contributed by atoms with Gasteiger partial charge in [0.2, 0.25) is 0 Å². The Morgan fingerprint density at radius 1 is 1.17 bits per heavy atom. The third kappa shape index (κ3) is 3.35. The lowest BCUT2D eigenvalue weighted by Crippen LogP contribution is -2.30. The van der Waals surface area contributed by atoms with Gasteiger partial charge in [-0.25, -0.2) is 18.1 Å². The molecule has 9 heteroatoms. The highest BCUT2D eigenvalue weighted by Crippen LogP contribution is 2.25. The minimum atomic E-state index is -4.02. The van der Waals surface area contributed by atoms with Gasteiger partial charge < -0.3 is 0 Å². The van der Waals surface area contributed by atoms with E-state index in [4.69, 9.17) is 5.26 Å². The fraction of sp³-hybridized carbons (Fsp3) is 0. The van der Waals surface area contributed by atoms with Crippen LogP contribution >= 0.6 is 22.7 Å². The van der Waals surface area contributed by atoms with Crippen LogP contribution < -0.4 is 4.72 Å². The minimum absolute atomic E-state index is 0.0402. The van der Waals surface area contributed by atoms with E-state index in [0.29, 0.717) is 10.6 Å². The molecule has 0 unspecified atom stereocenters. The number of carbonyl (C=O) groups excluding carboxylic acids is 1. The van der Waals surface area contributed by atoms with Gasteiger partial charge in [-0.05, 0) is 35.7 Å². The third-order valence-corrected chi connectivity index (χ3v) is 5.95. The Bertz CT molecular complexity index is 1010. The molecular formula is C15H9N3O3S3. The van der Waals surface area contributed by atoms with Crippen molar-refractivity contribution in [3.05, 3.63) is 57.7 Å². The summed E-state index contributed by atoms with van der Waals surface area (Å²) >= 11 is 2.78. The summed E-state index contributed by atoms with van der Waals surface area (Å²) in [6, 6.07) is 9.05. The smallest absolute Gasteiger partial charge is 0.266 e. The number of nitrogens with one attached hydrogen (secondary N) is 1. The molecule has 0 bridgehead atoms. The summed E-state index contributed by atoms with van der Waals surface area (Å²) in [5.74, 6) is -0.794. The molecule has 120 valence electrons. The molecule has 0 saturated heterocycles. The Balaban J connectivity index is 1.79. The van der Waals surface area contributed by atoms with E-state index in [1.54, 1.807) is 0 Å². The Kier molecular flexibility index (Phi) is 4.44. The molecule has 0 aliphatic heterocycles. The van der Waals surface area contributed by atoms with E-state index in [9.17, 15) is 13.2 Å². The number of hydrogen-bond donors (Lipinski definition) is 1. The molecule has 0 aliphatic carbocycles. The fourth-order valence-electron chi connectivity index (χ4n) is 1.84. The Hall–Kier alpha value is -2.54. The van der Waals surface area contributed by atoms with Crippen LogP contribution in [0.5, 0.6) is 0 Å². The van der Waals surface area contributed by atoms with E-state index in [0.717, 1.165) is 5.56 Å². The molecule has 1 amide bonds. The first-order valence-electron chi connectivity index (χ1n) is 6.55. The van der Waals surface area contributed by atoms with E-state index in [-0.39, 0.29) is 10.6 Å². The number of amides is 1. The number of aromatic nitrogens is 1. The molecule has 2 aromatic heterocycles. The molecule has 24 heavy (non-hydrogen) atoms. The van der Waals surface area contributed by atoms with Crippen molar-refractivity contribution in [2.75, 3.05) is 0 Å². The molecule has 6 nitrogen and oxygen atoms in total. The molecule has 0 atom stereocenters. The van der Waals surface area contributed by atoms with Gasteiger partial charge >= 0.3 is 0 Å². The lowest BCUT2D eigenvalue weighted by molar-refractivity contribution is 0.0977. The second-order valence-corrected chi connectivity index (χ2v) is 7.94. The first kappa shape index (κ1) is 16.3. The molecule has 0 spiro atoms. The topological polar surface area (TPSA) is 99.9 Å². The highest BCUT2D eigenvalue weighted by atomic mass is 32.2. The zero-order chi connectivity index (χ0) is 17.2. The number of sulfonamides is 1. The van der Waals surface area contributed by atoms with Crippen LogP contribution in [-0.4, -0.2) is 19.3 Å². The SMILES string of the molecule is N#Cc1ccc(S(=O)(=O)NC(=O)c2csc(-c3ccsc3)n2)cc1. The van der Waals surface area contributed by atoms with Crippen LogP contribution in [0.3, 0.4) is 0 Å². The number of hydrogen-bond acceptors (Lipinski definition) is 7. The molecule has 0 radical (unpaired) electrons. The molecule has 1 aromatic carbocycles. The van der Waals surface area contributed by atoms with Gasteiger partial charge in [0.1, 0.15) is 10.7 Å². The van der Waals surface area contributed by atoms with Crippen LogP contribution in [0, 0.1) is 11.3 Å². The Morgan fingerprint density at radius 2 is 1.92 bits per heavy atom. The first-order valence-corrected chi connectivity index (χ1v) is 9.85. The summed E-state index contributed by atoms with van der Waals surface area (Å²) in [6.07, 6.45) is 0. The van der Waals surface area contributed by atoms with Crippen LogP contribution in [0.25, 0.3) is 10.6 Å².